The van der Waals surface area contributed by atoms with E-state index in [0.29, 0.717) is 24.3 Å². The summed E-state index contributed by atoms with van der Waals surface area (Å²) < 4.78 is 2.47. The van der Waals surface area contributed by atoms with Crippen LogP contribution < -0.4 is 17.0 Å². The summed E-state index contributed by atoms with van der Waals surface area (Å²) in [4.78, 5) is 27.5. The summed E-state index contributed by atoms with van der Waals surface area (Å²) in [5.74, 6) is 0.448. The Morgan fingerprint density at radius 2 is 2.00 bits per heavy atom. The van der Waals surface area contributed by atoms with Gasteiger partial charge in [-0.3, -0.25) is 13.9 Å². The van der Waals surface area contributed by atoms with Crippen molar-refractivity contribution in [3.63, 3.8) is 0 Å². The molecule has 0 saturated heterocycles. The molecular weight excluding hydrogens is 196 g/mol. The molecule has 0 aromatic carbocycles. The molecule has 15 heavy (non-hydrogen) atoms. The van der Waals surface area contributed by atoms with Crippen LogP contribution >= 0.6 is 0 Å². The van der Waals surface area contributed by atoms with Gasteiger partial charge in [0.05, 0.1) is 5.56 Å². The molecule has 1 aliphatic rings. The molecule has 0 unspecified atom stereocenters. The minimum atomic E-state index is -0.360. The zero-order valence-corrected chi connectivity index (χ0v) is 8.65. The van der Waals surface area contributed by atoms with Crippen molar-refractivity contribution >= 4 is 11.5 Å². The van der Waals surface area contributed by atoms with Crippen LogP contribution in [0.15, 0.2) is 14.6 Å². The second-order valence-electron chi connectivity index (χ2n) is 3.57. The lowest BCUT2D eigenvalue weighted by atomic mass is 10.2. The van der Waals surface area contributed by atoms with E-state index in [2.05, 4.69) is 4.99 Å². The Morgan fingerprint density at radius 3 is 2.60 bits per heavy atom. The van der Waals surface area contributed by atoms with Gasteiger partial charge in [0, 0.05) is 32.8 Å². The van der Waals surface area contributed by atoms with Gasteiger partial charge in [0.2, 0.25) is 0 Å². The summed E-state index contributed by atoms with van der Waals surface area (Å²) in [6.45, 7) is 0.312. The minimum absolute atomic E-state index is 0.277. The monoisotopic (exact) mass is 208 g/mol. The largest absolute Gasteiger partial charge is 0.332 e. The second kappa shape index (κ2) is 3.16. The van der Waals surface area contributed by atoms with Crippen LogP contribution in [0.1, 0.15) is 5.56 Å². The lowest BCUT2D eigenvalue weighted by Crippen LogP contribution is -2.38. The normalized spacial score (nSPS) is 13.9. The molecule has 0 radical (unpaired) electrons. The van der Waals surface area contributed by atoms with Crippen LogP contribution in [0.5, 0.6) is 0 Å². The van der Waals surface area contributed by atoms with Crippen molar-refractivity contribution in [2.75, 3.05) is 6.54 Å². The lowest BCUT2D eigenvalue weighted by Gasteiger charge is -2.05. The van der Waals surface area contributed by atoms with Crippen LogP contribution in [0.4, 0.5) is 5.82 Å². The molecule has 2 heterocycles. The van der Waals surface area contributed by atoms with Crippen LogP contribution in [-0.2, 0) is 20.5 Å². The predicted octanol–water partition coefficient (Wildman–Crippen LogP) is -1.33. The first-order valence-electron chi connectivity index (χ1n) is 4.61. The number of rotatable bonds is 1. The molecule has 2 rings (SSSR count). The zero-order valence-electron chi connectivity index (χ0n) is 8.65. The highest BCUT2D eigenvalue weighted by molar-refractivity contribution is 5.94. The van der Waals surface area contributed by atoms with E-state index < -0.39 is 0 Å². The molecule has 1 aliphatic heterocycles. The fourth-order valence-electron chi connectivity index (χ4n) is 1.71. The third kappa shape index (κ3) is 1.25. The molecule has 0 fully saturated rings. The topological polar surface area (TPSA) is 82.4 Å². The Balaban J connectivity index is 2.79. The smallest absolute Gasteiger partial charge is 0.325 e. The Morgan fingerprint density at radius 1 is 1.33 bits per heavy atom. The number of aromatic nitrogens is 2. The molecular formula is C9H12N4O2. The maximum absolute atomic E-state index is 11.7. The summed E-state index contributed by atoms with van der Waals surface area (Å²) in [5, 5.41) is 0. The van der Waals surface area contributed by atoms with Gasteiger partial charge in [-0.05, 0) is 0 Å². The molecule has 0 spiro atoms. The van der Waals surface area contributed by atoms with E-state index in [1.54, 1.807) is 7.05 Å². The molecule has 0 saturated carbocycles. The Hall–Kier alpha value is -1.69. The van der Waals surface area contributed by atoms with Crippen molar-refractivity contribution in [2.24, 2.45) is 24.8 Å². The first kappa shape index (κ1) is 9.85. The van der Waals surface area contributed by atoms with Crippen molar-refractivity contribution in [3.05, 3.63) is 26.4 Å². The van der Waals surface area contributed by atoms with Crippen molar-refractivity contribution in [3.8, 4) is 0 Å². The fourth-order valence-corrected chi connectivity index (χ4v) is 1.71. The van der Waals surface area contributed by atoms with Crippen molar-refractivity contribution < 1.29 is 0 Å². The van der Waals surface area contributed by atoms with Gasteiger partial charge >= 0.3 is 5.69 Å². The summed E-state index contributed by atoms with van der Waals surface area (Å²) in [6, 6.07) is 0. The van der Waals surface area contributed by atoms with Gasteiger partial charge in [0.15, 0.2) is 0 Å². The molecule has 6 nitrogen and oxygen atoms in total. The van der Waals surface area contributed by atoms with Gasteiger partial charge in [-0.25, -0.2) is 9.79 Å². The fraction of sp³-hybridized carbons (Fsp3) is 0.444. The van der Waals surface area contributed by atoms with Gasteiger partial charge in [-0.1, -0.05) is 0 Å². The van der Waals surface area contributed by atoms with E-state index in [1.165, 1.54) is 11.6 Å². The SMILES string of the molecule is Cn1c2c(c(=O)n(C)c1=O)CC(CN)=N2. The highest BCUT2D eigenvalue weighted by Gasteiger charge is 2.21. The molecule has 80 valence electrons. The maximum atomic E-state index is 11.7. The van der Waals surface area contributed by atoms with E-state index >= 15 is 0 Å². The van der Waals surface area contributed by atoms with Crippen molar-refractivity contribution in [2.45, 2.75) is 6.42 Å². The van der Waals surface area contributed by atoms with E-state index in [9.17, 15) is 9.59 Å². The average Bonchev–Trinajstić information content (AvgIpc) is 2.67. The van der Waals surface area contributed by atoms with Crippen molar-refractivity contribution in [1.82, 2.24) is 9.13 Å². The number of fused-ring (bicyclic) bond motifs is 1. The molecule has 2 N–H and O–H groups in total. The third-order valence-corrected chi connectivity index (χ3v) is 2.60. The lowest BCUT2D eigenvalue weighted by molar-refractivity contribution is 0.682. The number of hydrogen-bond acceptors (Lipinski definition) is 4. The molecule has 0 aliphatic carbocycles. The predicted molar refractivity (Wildman–Crippen MR) is 56.8 cm³/mol. The quantitative estimate of drug-likeness (QED) is 0.620. The zero-order chi connectivity index (χ0) is 11.2. The first-order valence-corrected chi connectivity index (χ1v) is 4.61. The highest BCUT2D eigenvalue weighted by atomic mass is 16.2. The van der Waals surface area contributed by atoms with Gasteiger partial charge < -0.3 is 5.73 Å². The maximum Gasteiger partial charge on any atom is 0.332 e. The minimum Gasteiger partial charge on any atom is -0.325 e. The number of hydrogen-bond donors (Lipinski definition) is 1. The van der Waals surface area contributed by atoms with Crippen LogP contribution in [0, 0.1) is 0 Å². The number of nitrogens with zero attached hydrogens (tertiary/aromatic N) is 3. The summed E-state index contributed by atoms with van der Waals surface area (Å²) in [5.41, 5.74) is 6.12. The molecule has 0 atom stereocenters. The van der Waals surface area contributed by atoms with Crippen molar-refractivity contribution in [1.29, 1.82) is 0 Å². The molecule has 0 bridgehead atoms. The van der Waals surface area contributed by atoms with Crippen LogP contribution in [0.3, 0.4) is 0 Å². The van der Waals surface area contributed by atoms with E-state index in [0.717, 1.165) is 10.3 Å². The Labute approximate surface area is 85.7 Å². The van der Waals surface area contributed by atoms with Crippen LogP contribution in [0.2, 0.25) is 0 Å². The molecule has 0 amide bonds. The van der Waals surface area contributed by atoms with Crippen LogP contribution in [0.25, 0.3) is 0 Å². The van der Waals surface area contributed by atoms with Gasteiger partial charge in [0.25, 0.3) is 5.56 Å². The summed E-state index contributed by atoms with van der Waals surface area (Å²) in [6.07, 6.45) is 0.451. The Kier molecular flexibility index (Phi) is 2.08. The Bertz CT molecular complexity index is 565. The highest BCUT2D eigenvalue weighted by Crippen LogP contribution is 2.20. The van der Waals surface area contributed by atoms with E-state index in [1.807, 2.05) is 0 Å². The van der Waals surface area contributed by atoms with Crippen LogP contribution in [-0.4, -0.2) is 21.4 Å². The second-order valence-corrected chi connectivity index (χ2v) is 3.57. The first-order chi connectivity index (χ1) is 7.06. The van der Waals surface area contributed by atoms with Gasteiger partial charge in [-0.15, -0.1) is 0 Å². The summed E-state index contributed by atoms with van der Waals surface area (Å²) >= 11 is 0. The van der Waals surface area contributed by atoms with Gasteiger partial charge in [-0.2, -0.15) is 0 Å². The average molecular weight is 208 g/mol. The molecule has 6 heteroatoms. The van der Waals surface area contributed by atoms with Gasteiger partial charge in [0.1, 0.15) is 5.82 Å². The number of aliphatic imine (C=N–C) groups is 1. The standard InChI is InChI=1S/C9H12N4O2/c1-12-7-6(3-5(4-10)11-7)8(14)13(2)9(12)15/h3-4,10H2,1-2H3. The summed E-state index contributed by atoms with van der Waals surface area (Å²) in [7, 11) is 3.06. The molecule has 1 aromatic heterocycles. The van der Waals surface area contributed by atoms with E-state index in [-0.39, 0.29) is 11.2 Å². The third-order valence-electron chi connectivity index (χ3n) is 2.60. The van der Waals surface area contributed by atoms with E-state index in [4.69, 9.17) is 5.73 Å². The molecule has 1 aromatic rings. The number of nitrogens with two attached hydrogens (primary N) is 1.